The van der Waals surface area contributed by atoms with E-state index in [1.165, 1.54) is 24.0 Å². The van der Waals surface area contributed by atoms with Gasteiger partial charge in [-0.15, -0.1) is 0 Å². The molecule has 0 amide bonds. The average Bonchev–Trinajstić information content (AvgIpc) is 2.56. The first-order chi connectivity index (χ1) is 6.27. The summed E-state index contributed by atoms with van der Waals surface area (Å²) in [6, 6.07) is 5.04. The fraction of sp³-hybridized carbons (Fsp3) is 0.333. The Labute approximate surface area is 78.1 Å². The van der Waals surface area contributed by atoms with Crippen molar-refractivity contribution in [3.8, 4) is 0 Å². The summed E-state index contributed by atoms with van der Waals surface area (Å²) in [4.78, 5) is 0. The van der Waals surface area contributed by atoms with Gasteiger partial charge in [0.05, 0.1) is 0 Å². The lowest BCUT2D eigenvalue weighted by Gasteiger charge is -2.06. The number of hydrogen-bond acceptors (Lipinski definition) is 0. The summed E-state index contributed by atoms with van der Waals surface area (Å²) in [6.45, 7) is 1.97. The molecule has 68 valence electrons. The summed E-state index contributed by atoms with van der Waals surface area (Å²) >= 11 is 0. The summed E-state index contributed by atoms with van der Waals surface area (Å²) in [6.07, 6.45) is 5.82. The summed E-state index contributed by atoms with van der Waals surface area (Å²) < 4.78 is 12.8. The quantitative estimate of drug-likeness (QED) is 0.612. The zero-order chi connectivity index (χ0) is 9.26. The molecule has 1 heteroatoms. The minimum absolute atomic E-state index is 0.139. The Morgan fingerprint density at radius 3 is 2.77 bits per heavy atom. The van der Waals surface area contributed by atoms with Gasteiger partial charge >= 0.3 is 0 Å². The Bertz CT molecular complexity index is 350. The van der Waals surface area contributed by atoms with Crippen LogP contribution in [-0.4, -0.2) is 0 Å². The van der Waals surface area contributed by atoms with E-state index in [0.717, 1.165) is 12.0 Å². The van der Waals surface area contributed by atoms with Gasteiger partial charge in [-0.1, -0.05) is 12.1 Å². The molecule has 0 aromatic heterocycles. The molecular formula is C12H13F. The molecule has 0 heterocycles. The largest absolute Gasteiger partial charge is 0.207 e. The van der Waals surface area contributed by atoms with Crippen LogP contribution in [0.5, 0.6) is 0 Å². The van der Waals surface area contributed by atoms with E-state index in [2.05, 4.69) is 6.08 Å². The zero-order valence-corrected chi connectivity index (χ0v) is 7.81. The van der Waals surface area contributed by atoms with E-state index >= 15 is 0 Å². The van der Waals surface area contributed by atoms with E-state index in [1.54, 1.807) is 12.1 Å². The molecule has 2 rings (SSSR count). The maximum Gasteiger partial charge on any atom is 0.123 e. The molecule has 0 spiro atoms. The molecule has 0 radical (unpaired) electrons. The summed E-state index contributed by atoms with van der Waals surface area (Å²) in [7, 11) is 0. The number of halogens is 1. The van der Waals surface area contributed by atoms with Crippen LogP contribution in [-0.2, 0) is 0 Å². The van der Waals surface area contributed by atoms with Crippen LogP contribution in [0.3, 0.4) is 0 Å². The number of hydrogen-bond donors (Lipinski definition) is 0. The predicted octanol–water partition coefficient (Wildman–Crippen LogP) is 3.70. The molecule has 1 aliphatic rings. The van der Waals surface area contributed by atoms with E-state index in [-0.39, 0.29) is 5.82 Å². The van der Waals surface area contributed by atoms with Crippen LogP contribution in [0.25, 0.3) is 5.57 Å². The molecule has 0 saturated carbocycles. The second kappa shape index (κ2) is 3.33. The third kappa shape index (κ3) is 1.64. The molecule has 0 unspecified atom stereocenters. The van der Waals surface area contributed by atoms with Gasteiger partial charge in [-0.05, 0) is 55.0 Å². The molecule has 1 aromatic rings. The van der Waals surface area contributed by atoms with Crippen molar-refractivity contribution in [1.82, 2.24) is 0 Å². The zero-order valence-electron chi connectivity index (χ0n) is 7.81. The SMILES string of the molecule is Cc1cc(F)ccc1C1=CCCC1. The highest BCUT2D eigenvalue weighted by Gasteiger charge is 2.09. The first kappa shape index (κ1) is 8.49. The molecule has 1 aromatic carbocycles. The van der Waals surface area contributed by atoms with E-state index < -0.39 is 0 Å². The van der Waals surface area contributed by atoms with Gasteiger partial charge in [0.2, 0.25) is 0 Å². The second-order valence-corrected chi connectivity index (χ2v) is 3.58. The van der Waals surface area contributed by atoms with Crippen molar-refractivity contribution in [3.05, 3.63) is 41.2 Å². The molecule has 0 saturated heterocycles. The Kier molecular flexibility index (Phi) is 2.17. The molecule has 0 aliphatic heterocycles. The van der Waals surface area contributed by atoms with Crippen molar-refractivity contribution in [3.63, 3.8) is 0 Å². The highest BCUT2D eigenvalue weighted by molar-refractivity contribution is 5.69. The topological polar surface area (TPSA) is 0 Å². The standard InChI is InChI=1S/C12H13F/c1-9-8-11(13)6-7-12(9)10-4-2-3-5-10/h4,6-8H,2-3,5H2,1H3. The Hall–Kier alpha value is -1.11. The maximum absolute atomic E-state index is 12.8. The van der Waals surface area contributed by atoms with E-state index in [9.17, 15) is 4.39 Å². The van der Waals surface area contributed by atoms with E-state index in [1.807, 2.05) is 13.0 Å². The summed E-state index contributed by atoms with van der Waals surface area (Å²) in [5.74, 6) is -0.139. The van der Waals surface area contributed by atoms with Crippen LogP contribution < -0.4 is 0 Å². The number of allylic oxidation sites excluding steroid dienone is 2. The smallest absolute Gasteiger partial charge is 0.123 e. The van der Waals surface area contributed by atoms with Gasteiger partial charge in [0.1, 0.15) is 5.82 Å². The fourth-order valence-electron chi connectivity index (χ4n) is 1.90. The normalized spacial score (nSPS) is 16.0. The molecular weight excluding hydrogens is 163 g/mol. The summed E-state index contributed by atoms with van der Waals surface area (Å²) in [5, 5.41) is 0. The van der Waals surface area contributed by atoms with Crippen LogP contribution in [0, 0.1) is 12.7 Å². The molecule has 0 bridgehead atoms. The molecule has 13 heavy (non-hydrogen) atoms. The Morgan fingerprint density at radius 2 is 2.15 bits per heavy atom. The molecule has 0 nitrogen and oxygen atoms in total. The number of benzene rings is 1. The minimum Gasteiger partial charge on any atom is -0.207 e. The van der Waals surface area contributed by atoms with Crippen molar-refractivity contribution in [2.45, 2.75) is 26.2 Å². The van der Waals surface area contributed by atoms with Gasteiger partial charge < -0.3 is 0 Å². The molecule has 0 fully saturated rings. The summed E-state index contributed by atoms with van der Waals surface area (Å²) in [5.41, 5.74) is 3.66. The first-order valence-corrected chi connectivity index (χ1v) is 4.73. The van der Waals surface area contributed by atoms with Crippen LogP contribution in [0.2, 0.25) is 0 Å². The lowest BCUT2D eigenvalue weighted by Crippen LogP contribution is -1.87. The Morgan fingerprint density at radius 1 is 1.31 bits per heavy atom. The molecule has 0 atom stereocenters. The van der Waals surface area contributed by atoms with Gasteiger partial charge in [0, 0.05) is 0 Å². The monoisotopic (exact) mass is 176 g/mol. The van der Waals surface area contributed by atoms with Crippen LogP contribution in [0.1, 0.15) is 30.4 Å². The number of rotatable bonds is 1. The minimum atomic E-state index is -0.139. The van der Waals surface area contributed by atoms with Crippen molar-refractivity contribution in [2.75, 3.05) is 0 Å². The first-order valence-electron chi connectivity index (χ1n) is 4.73. The van der Waals surface area contributed by atoms with Gasteiger partial charge in [0.25, 0.3) is 0 Å². The van der Waals surface area contributed by atoms with Crippen LogP contribution in [0.4, 0.5) is 4.39 Å². The van der Waals surface area contributed by atoms with Crippen molar-refractivity contribution in [1.29, 1.82) is 0 Å². The fourth-order valence-corrected chi connectivity index (χ4v) is 1.90. The third-order valence-electron chi connectivity index (χ3n) is 2.58. The van der Waals surface area contributed by atoms with Gasteiger partial charge in [-0.3, -0.25) is 0 Å². The maximum atomic E-state index is 12.8. The second-order valence-electron chi connectivity index (χ2n) is 3.58. The highest BCUT2D eigenvalue weighted by Crippen LogP contribution is 2.29. The van der Waals surface area contributed by atoms with Crippen molar-refractivity contribution in [2.24, 2.45) is 0 Å². The van der Waals surface area contributed by atoms with Crippen molar-refractivity contribution < 1.29 is 4.39 Å². The van der Waals surface area contributed by atoms with Crippen molar-refractivity contribution >= 4 is 5.57 Å². The lowest BCUT2D eigenvalue weighted by molar-refractivity contribution is 0.626. The van der Waals surface area contributed by atoms with Crippen LogP contribution in [0.15, 0.2) is 24.3 Å². The lowest BCUT2D eigenvalue weighted by atomic mass is 10.0. The average molecular weight is 176 g/mol. The van der Waals surface area contributed by atoms with E-state index in [4.69, 9.17) is 0 Å². The van der Waals surface area contributed by atoms with E-state index in [0.29, 0.717) is 0 Å². The molecule has 0 N–H and O–H groups in total. The van der Waals surface area contributed by atoms with Gasteiger partial charge in [-0.2, -0.15) is 0 Å². The number of aryl methyl sites for hydroxylation is 1. The highest BCUT2D eigenvalue weighted by atomic mass is 19.1. The third-order valence-corrected chi connectivity index (χ3v) is 2.58. The van der Waals surface area contributed by atoms with Gasteiger partial charge in [0.15, 0.2) is 0 Å². The predicted molar refractivity (Wildman–Crippen MR) is 53.0 cm³/mol. The van der Waals surface area contributed by atoms with Crippen LogP contribution >= 0.6 is 0 Å². The Balaban J connectivity index is 2.40. The van der Waals surface area contributed by atoms with Gasteiger partial charge in [-0.25, -0.2) is 4.39 Å². The molecule has 1 aliphatic carbocycles.